The van der Waals surface area contributed by atoms with Crippen LogP contribution in [0.3, 0.4) is 0 Å². The van der Waals surface area contributed by atoms with Crippen LogP contribution in [0.1, 0.15) is 103 Å². The molecule has 69 heavy (non-hydrogen) atoms. The Kier molecular flexibility index (Phi) is 11.3. The van der Waals surface area contributed by atoms with E-state index in [1.165, 1.54) is 49.7 Å². The minimum absolute atomic E-state index is 0.0469. The summed E-state index contributed by atoms with van der Waals surface area (Å²) < 4.78 is 13.7. The van der Waals surface area contributed by atoms with Gasteiger partial charge in [0, 0.05) is 40.1 Å². The highest BCUT2D eigenvalue weighted by atomic mass is 16.5. The largest absolute Gasteiger partial charge is 0.458 e. The van der Waals surface area contributed by atoms with E-state index in [1.807, 2.05) is 12.3 Å². The molecule has 0 aliphatic heterocycles. The molecule has 0 bridgehead atoms. The van der Waals surface area contributed by atoms with Gasteiger partial charge in [0.25, 0.3) is 6.33 Å². The minimum Gasteiger partial charge on any atom is -0.458 e. The van der Waals surface area contributed by atoms with Crippen LogP contribution in [0, 0.1) is 6.33 Å². The summed E-state index contributed by atoms with van der Waals surface area (Å²) >= 11 is 0. The van der Waals surface area contributed by atoms with E-state index in [-0.39, 0.29) is 21.7 Å². The minimum atomic E-state index is -0.374. The molecule has 0 fully saturated rings. The number of nitrogens with zero attached hydrogens (tertiary/aromatic N) is 4. The first-order valence-corrected chi connectivity index (χ1v) is 24.2. The van der Waals surface area contributed by atoms with E-state index in [0.717, 1.165) is 45.4 Å². The third-order valence-corrected chi connectivity index (χ3v) is 14.1. The van der Waals surface area contributed by atoms with Gasteiger partial charge in [-0.25, -0.2) is 4.98 Å². The number of aromatic nitrogens is 4. The average Bonchev–Trinajstić information content (AvgIpc) is 3.96. The van der Waals surface area contributed by atoms with E-state index in [2.05, 4.69) is 271 Å². The highest BCUT2D eigenvalue weighted by molar-refractivity contribution is 6.11. The van der Waals surface area contributed by atoms with Crippen molar-refractivity contribution < 1.29 is 9.30 Å². The number of hydrogen-bond donors (Lipinski definition) is 0. The van der Waals surface area contributed by atoms with E-state index in [1.54, 1.807) is 0 Å². The van der Waals surface area contributed by atoms with Crippen molar-refractivity contribution in [3.8, 4) is 39.8 Å². The van der Waals surface area contributed by atoms with Crippen LogP contribution in [0.5, 0.6) is 11.5 Å². The molecule has 0 spiro atoms. The van der Waals surface area contributed by atoms with Crippen molar-refractivity contribution in [3.05, 3.63) is 234 Å². The van der Waals surface area contributed by atoms with Crippen LogP contribution >= 0.6 is 0 Å². The standard InChI is InChI=1S/C64H62N4O/c1-61(2,3)48-33-34-65-59(38-48)68-56-32-21-20-31-54(56)60-55(64(9,10)47-27-18-13-19-28-47)40-53(41-57(60)68)69-52-30-22-29-50(39-52)66-42-58(62(4,5)6)67(43-66)51-36-45(44-23-14-11-15-24-44)35-49(37-51)63(7,8)46-25-16-12-17-26-46/h11-42H,1-10H3. The van der Waals surface area contributed by atoms with Gasteiger partial charge in [-0.05, 0) is 104 Å². The van der Waals surface area contributed by atoms with Gasteiger partial charge in [0.05, 0.1) is 28.1 Å². The molecule has 0 radical (unpaired) electrons. The van der Waals surface area contributed by atoms with Gasteiger partial charge < -0.3 is 4.74 Å². The Bertz CT molecular complexity index is 3470. The molecule has 5 heteroatoms. The number of ether oxygens (including phenoxy) is 1. The first-order chi connectivity index (χ1) is 33.0. The summed E-state index contributed by atoms with van der Waals surface area (Å²) in [5, 5.41) is 2.37. The van der Waals surface area contributed by atoms with Crippen molar-refractivity contribution >= 4 is 21.8 Å². The highest BCUT2D eigenvalue weighted by Crippen LogP contribution is 2.45. The van der Waals surface area contributed by atoms with Crippen LogP contribution in [0.2, 0.25) is 0 Å². The maximum atomic E-state index is 7.07. The van der Waals surface area contributed by atoms with Crippen molar-refractivity contribution in [1.82, 2.24) is 14.1 Å². The molecule has 0 saturated heterocycles. The van der Waals surface area contributed by atoms with Crippen LogP contribution in [-0.2, 0) is 21.7 Å². The van der Waals surface area contributed by atoms with Crippen molar-refractivity contribution in [2.24, 2.45) is 0 Å². The first kappa shape index (κ1) is 45.3. The Morgan fingerprint density at radius 3 is 1.83 bits per heavy atom. The Morgan fingerprint density at radius 1 is 0.493 bits per heavy atom. The summed E-state index contributed by atoms with van der Waals surface area (Å²) in [5.41, 5.74) is 12.9. The summed E-state index contributed by atoms with van der Waals surface area (Å²) in [5.74, 6) is 2.37. The molecule has 0 aliphatic rings. The molecule has 0 unspecified atom stereocenters. The van der Waals surface area contributed by atoms with Crippen molar-refractivity contribution in [1.29, 1.82) is 0 Å². The first-order valence-electron chi connectivity index (χ1n) is 24.2. The fraction of sp³-hybridized carbons (Fsp3) is 0.219. The Labute approximate surface area is 408 Å². The number of hydrogen-bond acceptors (Lipinski definition) is 2. The molecule has 3 heterocycles. The predicted octanol–water partition coefficient (Wildman–Crippen LogP) is 15.8. The molecular formula is C64H62N4O. The van der Waals surface area contributed by atoms with Crippen LogP contribution in [0.4, 0.5) is 0 Å². The molecule has 7 aromatic carbocycles. The molecule has 5 nitrogen and oxygen atoms in total. The van der Waals surface area contributed by atoms with Crippen molar-refractivity contribution in [2.75, 3.05) is 0 Å². The number of pyridine rings is 1. The summed E-state index contributed by atoms with van der Waals surface area (Å²) in [6.07, 6.45) is 7.96. The van der Waals surface area contributed by atoms with Gasteiger partial charge in [-0.3, -0.25) is 13.7 Å². The quantitative estimate of drug-likeness (QED) is 0.101. The second-order valence-electron chi connectivity index (χ2n) is 21.7. The number of benzene rings is 7. The second kappa shape index (κ2) is 17.2. The van der Waals surface area contributed by atoms with Crippen LogP contribution in [0.15, 0.2) is 194 Å². The third kappa shape index (κ3) is 8.56. The zero-order valence-corrected chi connectivity index (χ0v) is 41.7. The molecule has 0 N–H and O–H groups in total. The molecular weight excluding hydrogens is 841 g/mol. The van der Waals surface area contributed by atoms with Crippen molar-refractivity contribution in [3.63, 3.8) is 0 Å². The lowest BCUT2D eigenvalue weighted by Gasteiger charge is -2.28. The molecule has 0 saturated carbocycles. The Morgan fingerprint density at radius 2 is 1.14 bits per heavy atom. The second-order valence-corrected chi connectivity index (χ2v) is 21.7. The number of imidazole rings is 1. The molecule has 3 aromatic heterocycles. The predicted molar refractivity (Wildman–Crippen MR) is 285 cm³/mol. The fourth-order valence-electron chi connectivity index (χ4n) is 9.87. The van der Waals surface area contributed by atoms with Gasteiger partial charge in [0.1, 0.15) is 17.3 Å². The fourth-order valence-corrected chi connectivity index (χ4v) is 9.87. The Balaban J connectivity index is 1.11. The van der Waals surface area contributed by atoms with Crippen molar-refractivity contribution in [2.45, 2.75) is 90.9 Å². The van der Waals surface area contributed by atoms with Gasteiger partial charge in [0.2, 0.25) is 0 Å². The Hall–Kier alpha value is -7.50. The van der Waals surface area contributed by atoms with Gasteiger partial charge >= 0.3 is 0 Å². The van der Waals surface area contributed by atoms with Gasteiger partial charge in [-0.2, -0.15) is 0 Å². The zero-order chi connectivity index (χ0) is 48.3. The molecule has 0 aliphatic carbocycles. The lowest BCUT2D eigenvalue weighted by atomic mass is 9.76. The number of rotatable bonds is 10. The van der Waals surface area contributed by atoms with Gasteiger partial charge in [-0.15, -0.1) is 0 Å². The van der Waals surface area contributed by atoms with Crippen LogP contribution in [0.25, 0.3) is 50.1 Å². The maximum absolute atomic E-state index is 7.07. The molecule has 0 amide bonds. The van der Waals surface area contributed by atoms with E-state index >= 15 is 0 Å². The van der Waals surface area contributed by atoms with Gasteiger partial charge in [0.15, 0.2) is 0 Å². The van der Waals surface area contributed by atoms with Gasteiger partial charge in [-0.1, -0.05) is 191 Å². The summed E-state index contributed by atoms with van der Waals surface area (Å²) in [6, 6.07) is 65.1. The average molecular weight is 903 g/mol. The lowest BCUT2D eigenvalue weighted by Crippen LogP contribution is -2.39. The van der Waals surface area contributed by atoms with E-state index in [4.69, 9.17) is 9.72 Å². The molecule has 0 atom stereocenters. The SMILES string of the molecule is CC(C)(C)c1ccnc(-n2c3ccccc3c3c(C(C)(C)c4ccccc4)cc(Oc4cccc(-n5[c-][n+](-c6cc(-c7ccccc7)cc(C(C)(C)c7ccccc7)c6)c(C(C)(C)C)c5)c4)cc32)c1. The highest BCUT2D eigenvalue weighted by Gasteiger charge is 2.31. The third-order valence-electron chi connectivity index (χ3n) is 14.1. The summed E-state index contributed by atoms with van der Waals surface area (Å²) in [4.78, 5) is 5.02. The van der Waals surface area contributed by atoms with E-state index < -0.39 is 0 Å². The maximum Gasteiger partial charge on any atom is 0.269 e. The molecule has 10 rings (SSSR count). The van der Waals surface area contributed by atoms with Crippen LogP contribution < -0.4 is 9.30 Å². The topological polar surface area (TPSA) is 35.9 Å². The number of fused-ring (bicyclic) bond motifs is 3. The smallest absolute Gasteiger partial charge is 0.269 e. The van der Waals surface area contributed by atoms with E-state index in [0.29, 0.717) is 0 Å². The zero-order valence-electron chi connectivity index (χ0n) is 41.7. The monoisotopic (exact) mass is 902 g/mol. The van der Waals surface area contributed by atoms with E-state index in [9.17, 15) is 0 Å². The summed E-state index contributed by atoms with van der Waals surface area (Å²) in [6.45, 7) is 22.8. The lowest BCUT2D eigenvalue weighted by molar-refractivity contribution is -0.611. The normalized spacial score (nSPS) is 12.5. The molecule has 10 aromatic rings. The molecule has 344 valence electrons. The summed E-state index contributed by atoms with van der Waals surface area (Å²) in [7, 11) is 0. The number of para-hydroxylation sites is 1. The van der Waals surface area contributed by atoms with Crippen LogP contribution in [-0.4, -0.2) is 14.1 Å².